The zero-order valence-electron chi connectivity index (χ0n) is 16.0. The van der Waals surface area contributed by atoms with Crippen LogP contribution in [-0.4, -0.2) is 42.1 Å². The van der Waals surface area contributed by atoms with Crippen LogP contribution in [0.5, 0.6) is 0 Å². The van der Waals surface area contributed by atoms with E-state index in [4.69, 9.17) is 16.3 Å². The Hall–Kier alpha value is -2.17. The molecule has 2 aromatic rings. The molecular formula is C22H25ClN2O2. The van der Waals surface area contributed by atoms with Gasteiger partial charge >= 0.3 is 0 Å². The highest BCUT2D eigenvalue weighted by atomic mass is 35.5. The highest BCUT2D eigenvalue weighted by molar-refractivity contribution is 6.29. The van der Waals surface area contributed by atoms with Crippen molar-refractivity contribution in [2.45, 2.75) is 26.2 Å². The Balaban J connectivity index is 1.98. The van der Waals surface area contributed by atoms with Gasteiger partial charge in [-0.2, -0.15) is 0 Å². The maximum Gasteiger partial charge on any atom is 0.247 e. The first-order valence-corrected chi connectivity index (χ1v) is 9.53. The van der Waals surface area contributed by atoms with Crippen molar-refractivity contribution >= 4 is 23.1 Å². The van der Waals surface area contributed by atoms with Crippen LogP contribution in [0.2, 0.25) is 5.15 Å². The van der Waals surface area contributed by atoms with E-state index >= 15 is 0 Å². The number of ether oxygens (including phenoxy) is 1. The van der Waals surface area contributed by atoms with Gasteiger partial charge in [-0.1, -0.05) is 56.6 Å². The van der Waals surface area contributed by atoms with E-state index in [9.17, 15) is 4.79 Å². The molecule has 142 valence electrons. The van der Waals surface area contributed by atoms with E-state index in [0.29, 0.717) is 31.5 Å². The van der Waals surface area contributed by atoms with Crippen molar-refractivity contribution in [3.8, 4) is 0 Å². The van der Waals surface area contributed by atoms with Crippen molar-refractivity contribution in [3.63, 3.8) is 0 Å². The fraction of sp³-hybridized carbons (Fsp3) is 0.364. The van der Waals surface area contributed by atoms with Gasteiger partial charge in [-0.25, -0.2) is 4.98 Å². The minimum atomic E-state index is -0.0110. The molecule has 0 atom stereocenters. The smallest absolute Gasteiger partial charge is 0.247 e. The van der Waals surface area contributed by atoms with Gasteiger partial charge in [-0.15, -0.1) is 0 Å². The number of hydrogen-bond donors (Lipinski definition) is 0. The summed E-state index contributed by atoms with van der Waals surface area (Å²) in [4.78, 5) is 18.8. The lowest BCUT2D eigenvalue weighted by Gasteiger charge is -2.26. The molecular weight excluding hydrogens is 360 g/mol. The van der Waals surface area contributed by atoms with Crippen molar-refractivity contribution in [2.75, 3.05) is 26.3 Å². The molecule has 2 heterocycles. The molecule has 3 rings (SSSR count). The average Bonchev–Trinajstić information content (AvgIpc) is 2.67. The minimum absolute atomic E-state index is 0.0110. The van der Waals surface area contributed by atoms with Crippen LogP contribution in [0, 0.1) is 0 Å². The largest absolute Gasteiger partial charge is 0.378 e. The molecule has 0 unspecified atom stereocenters. The first kappa shape index (κ1) is 19.6. The minimum Gasteiger partial charge on any atom is -0.378 e. The van der Waals surface area contributed by atoms with E-state index in [1.54, 1.807) is 18.3 Å². The summed E-state index contributed by atoms with van der Waals surface area (Å²) in [6.45, 7) is 8.95. The van der Waals surface area contributed by atoms with Crippen LogP contribution >= 0.6 is 11.6 Å². The number of morpholine rings is 1. The van der Waals surface area contributed by atoms with Crippen molar-refractivity contribution in [3.05, 3.63) is 70.5 Å². The van der Waals surface area contributed by atoms with Crippen LogP contribution in [-0.2, 0) is 14.9 Å². The normalized spacial score (nSPS) is 15.7. The van der Waals surface area contributed by atoms with Crippen molar-refractivity contribution < 1.29 is 9.53 Å². The van der Waals surface area contributed by atoms with Crippen LogP contribution in [0.15, 0.2) is 48.7 Å². The van der Waals surface area contributed by atoms with E-state index in [-0.39, 0.29) is 11.3 Å². The molecule has 0 spiro atoms. The fourth-order valence-corrected chi connectivity index (χ4v) is 3.13. The lowest BCUT2D eigenvalue weighted by atomic mass is 9.85. The van der Waals surface area contributed by atoms with Gasteiger partial charge in [0.25, 0.3) is 0 Å². The molecule has 1 aromatic carbocycles. The number of halogens is 1. The van der Waals surface area contributed by atoms with E-state index in [0.717, 1.165) is 16.7 Å². The molecule has 0 aliphatic carbocycles. The topological polar surface area (TPSA) is 42.4 Å². The first-order valence-electron chi connectivity index (χ1n) is 9.16. The lowest BCUT2D eigenvalue weighted by Crippen LogP contribution is -2.39. The molecule has 0 saturated carbocycles. The van der Waals surface area contributed by atoms with Gasteiger partial charge in [0.05, 0.1) is 13.2 Å². The molecule has 0 bridgehead atoms. The van der Waals surface area contributed by atoms with E-state index in [1.807, 2.05) is 11.0 Å². The highest BCUT2D eigenvalue weighted by Crippen LogP contribution is 2.28. The Morgan fingerprint density at radius 3 is 2.26 bits per heavy atom. The van der Waals surface area contributed by atoms with Gasteiger partial charge < -0.3 is 9.64 Å². The van der Waals surface area contributed by atoms with Gasteiger partial charge in [0.15, 0.2) is 0 Å². The fourth-order valence-electron chi connectivity index (χ4n) is 3.02. The summed E-state index contributed by atoms with van der Waals surface area (Å²) >= 11 is 5.94. The van der Waals surface area contributed by atoms with Crippen molar-refractivity contribution in [2.24, 2.45) is 0 Å². The predicted molar refractivity (Wildman–Crippen MR) is 109 cm³/mol. The van der Waals surface area contributed by atoms with Crippen molar-refractivity contribution in [1.82, 2.24) is 9.88 Å². The molecule has 1 amide bonds. The molecule has 4 nitrogen and oxygen atoms in total. The number of pyridine rings is 1. The molecule has 1 aromatic heterocycles. The number of amides is 1. The van der Waals surface area contributed by atoms with Gasteiger partial charge in [0.2, 0.25) is 5.91 Å². The Kier molecular flexibility index (Phi) is 5.98. The summed E-state index contributed by atoms with van der Waals surface area (Å²) in [6, 6.07) is 12.0. The van der Waals surface area contributed by atoms with Crippen LogP contribution in [0.25, 0.3) is 5.57 Å². The summed E-state index contributed by atoms with van der Waals surface area (Å²) in [5.74, 6) is -0.0110. The number of nitrogens with zero attached hydrogens (tertiary/aromatic N) is 2. The maximum absolute atomic E-state index is 12.8. The number of hydrogen-bond acceptors (Lipinski definition) is 3. The second-order valence-corrected chi connectivity index (χ2v) is 8.08. The van der Waals surface area contributed by atoms with E-state index < -0.39 is 0 Å². The van der Waals surface area contributed by atoms with Gasteiger partial charge in [-0.3, -0.25) is 4.79 Å². The predicted octanol–water partition coefficient (Wildman–Crippen LogP) is 4.32. The number of carbonyl (C=O) groups excluding carboxylic acids is 1. The van der Waals surface area contributed by atoms with E-state index in [2.05, 4.69) is 50.0 Å². The maximum atomic E-state index is 12.8. The third-order valence-corrected chi connectivity index (χ3v) is 4.91. The number of aromatic nitrogens is 1. The van der Waals surface area contributed by atoms with Gasteiger partial charge in [0, 0.05) is 30.9 Å². The monoisotopic (exact) mass is 384 g/mol. The average molecular weight is 385 g/mol. The SMILES string of the molecule is CC(C)(C)c1ccc(/C(=C\C(=O)N2CCOCC2)c2ccc(Cl)nc2)cc1. The van der Waals surface area contributed by atoms with Crippen LogP contribution in [0.3, 0.4) is 0 Å². The summed E-state index contributed by atoms with van der Waals surface area (Å²) in [5, 5.41) is 0.431. The Bertz CT molecular complexity index is 815. The summed E-state index contributed by atoms with van der Waals surface area (Å²) in [6.07, 6.45) is 3.40. The summed E-state index contributed by atoms with van der Waals surface area (Å²) in [7, 11) is 0. The highest BCUT2D eigenvalue weighted by Gasteiger charge is 2.18. The Labute approximate surface area is 165 Å². The number of rotatable bonds is 3. The molecule has 27 heavy (non-hydrogen) atoms. The van der Waals surface area contributed by atoms with E-state index in [1.165, 1.54) is 5.56 Å². The molecule has 0 N–H and O–H groups in total. The standard InChI is InChI=1S/C22H25ClN2O2/c1-22(2,3)18-7-4-16(5-8-18)19(17-6-9-20(23)24-15-17)14-21(26)25-10-12-27-13-11-25/h4-9,14-15H,10-13H2,1-3H3/b19-14+. The van der Waals surface area contributed by atoms with Gasteiger partial charge in [-0.05, 0) is 34.2 Å². The molecule has 1 aliphatic heterocycles. The third kappa shape index (κ3) is 4.96. The molecule has 1 aliphatic rings. The first-order chi connectivity index (χ1) is 12.8. The second-order valence-electron chi connectivity index (χ2n) is 7.69. The Morgan fingerprint density at radius 1 is 1.07 bits per heavy atom. The number of carbonyl (C=O) groups is 1. The summed E-state index contributed by atoms with van der Waals surface area (Å²) < 4.78 is 5.34. The second kappa shape index (κ2) is 8.24. The van der Waals surface area contributed by atoms with Crippen LogP contribution < -0.4 is 0 Å². The molecule has 5 heteroatoms. The Morgan fingerprint density at radius 2 is 1.70 bits per heavy atom. The number of benzene rings is 1. The van der Waals surface area contributed by atoms with Crippen LogP contribution in [0.4, 0.5) is 0 Å². The van der Waals surface area contributed by atoms with Gasteiger partial charge in [0.1, 0.15) is 5.15 Å². The molecule has 1 saturated heterocycles. The zero-order valence-corrected chi connectivity index (χ0v) is 16.8. The lowest BCUT2D eigenvalue weighted by molar-refractivity contribution is -0.129. The van der Waals surface area contributed by atoms with Crippen molar-refractivity contribution in [1.29, 1.82) is 0 Å². The molecule has 0 radical (unpaired) electrons. The molecule has 1 fully saturated rings. The third-order valence-electron chi connectivity index (χ3n) is 4.69. The zero-order chi connectivity index (χ0) is 19.4. The quantitative estimate of drug-likeness (QED) is 0.584. The summed E-state index contributed by atoms with van der Waals surface area (Å²) in [5.41, 5.74) is 4.02. The van der Waals surface area contributed by atoms with Crippen LogP contribution in [0.1, 0.15) is 37.5 Å².